The van der Waals surface area contributed by atoms with E-state index in [1.54, 1.807) is 0 Å². The highest BCUT2D eigenvalue weighted by Gasteiger charge is 2.49. The van der Waals surface area contributed by atoms with E-state index < -0.39 is 28.9 Å². The molecular weight excluding hydrogens is 364 g/mol. The van der Waals surface area contributed by atoms with Gasteiger partial charge >= 0.3 is 11.9 Å². The zero-order chi connectivity index (χ0) is 19.7. The van der Waals surface area contributed by atoms with Crippen molar-refractivity contribution in [1.82, 2.24) is 5.32 Å². The smallest absolute Gasteiger partial charge is 0.330 e. The fourth-order valence-corrected chi connectivity index (χ4v) is 5.32. The van der Waals surface area contributed by atoms with E-state index >= 15 is 0 Å². The number of aliphatic imine (C=N–C) groups is 1. The second-order valence-corrected chi connectivity index (χ2v) is 8.40. The number of nitrogens with zero attached hydrogens (tertiary/aromatic N) is 1. The van der Waals surface area contributed by atoms with Gasteiger partial charge in [0.15, 0.2) is 6.04 Å². The highest BCUT2D eigenvalue weighted by molar-refractivity contribution is 7.10. The first-order chi connectivity index (χ1) is 12.9. The maximum atomic E-state index is 12.1. The van der Waals surface area contributed by atoms with Crippen LogP contribution in [-0.2, 0) is 21.4 Å². The highest BCUT2D eigenvalue weighted by Crippen LogP contribution is 2.43. The van der Waals surface area contributed by atoms with Gasteiger partial charge in [-0.25, -0.2) is 4.79 Å². The van der Waals surface area contributed by atoms with Crippen LogP contribution in [0.25, 0.3) is 0 Å². The van der Waals surface area contributed by atoms with E-state index in [9.17, 15) is 19.8 Å². The van der Waals surface area contributed by atoms with E-state index in [1.807, 2.05) is 37.4 Å². The van der Waals surface area contributed by atoms with Crippen LogP contribution in [0.1, 0.15) is 56.4 Å². The minimum atomic E-state index is -0.941. The van der Waals surface area contributed by atoms with Crippen molar-refractivity contribution in [2.75, 3.05) is 0 Å². The SMILES string of the molecule is CCCC1=NC(C(=O)O)C(CC)(Cc2sccc2C2(C(=O)O)CC=CC2)N1. The van der Waals surface area contributed by atoms with Gasteiger partial charge in [0.25, 0.3) is 0 Å². The Hall–Kier alpha value is -2.15. The third-order valence-electron chi connectivity index (χ3n) is 5.80. The van der Waals surface area contributed by atoms with E-state index in [4.69, 9.17) is 0 Å². The zero-order valence-corrected chi connectivity index (χ0v) is 16.5. The molecule has 27 heavy (non-hydrogen) atoms. The van der Waals surface area contributed by atoms with E-state index in [0.29, 0.717) is 32.1 Å². The summed E-state index contributed by atoms with van der Waals surface area (Å²) in [7, 11) is 0. The number of hydrogen-bond acceptors (Lipinski definition) is 5. The molecule has 1 aliphatic heterocycles. The summed E-state index contributed by atoms with van der Waals surface area (Å²) in [6.45, 7) is 4.00. The molecule has 0 saturated heterocycles. The van der Waals surface area contributed by atoms with Crippen LogP contribution >= 0.6 is 11.3 Å². The first-order valence-electron chi connectivity index (χ1n) is 9.41. The van der Waals surface area contributed by atoms with E-state index in [1.165, 1.54) is 11.3 Å². The molecule has 2 atom stereocenters. The summed E-state index contributed by atoms with van der Waals surface area (Å²) in [6, 6.07) is 1.03. The molecule has 146 valence electrons. The average molecular weight is 391 g/mol. The Labute approximate surface area is 163 Å². The molecule has 2 heterocycles. The quantitative estimate of drug-likeness (QED) is 0.591. The Morgan fingerprint density at radius 3 is 2.56 bits per heavy atom. The largest absolute Gasteiger partial charge is 0.481 e. The minimum absolute atomic E-state index is 0.458. The lowest BCUT2D eigenvalue weighted by molar-refractivity contribution is -0.143. The third-order valence-corrected chi connectivity index (χ3v) is 6.72. The molecule has 0 aromatic carbocycles. The molecule has 3 rings (SSSR count). The third kappa shape index (κ3) is 3.29. The second kappa shape index (κ2) is 7.46. The van der Waals surface area contributed by atoms with E-state index in [-0.39, 0.29) is 0 Å². The number of allylic oxidation sites excluding steroid dienone is 2. The monoisotopic (exact) mass is 390 g/mol. The molecule has 2 unspecified atom stereocenters. The van der Waals surface area contributed by atoms with Gasteiger partial charge in [-0.1, -0.05) is 26.0 Å². The highest BCUT2D eigenvalue weighted by atomic mass is 32.1. The fourth-order valence-electron chi connectivity index (χ4n) is 4.22. The molecule has 0 amide bonds. The lowest BCUT2D eigenvalue weighted by Crippen LogP contribution is -2.54. The van der Waals surface area contributed by atoms with Crippen LogP contribution in [0, 0.1) is 0 Å². The lowest BCUT2D eigenvalue weighted by atomic mass is 9.75. The number of carboxylic acid groups (broad SMARTS) is 2. The van der Waals surface area contributed by atoms with Gasteiger partial charge in [-0.15, -0.1) is 11.3 Å². The molecule has 2 aliphatic rings. The summed E-state index contributed by atoms with van der Waals surface area (Å²) in [5.41, 5.74) is -0.844. The Kier molecular flexibility index (Phi) is 5.42. The Morgan fingerprint density at radius 2 is 2.00 bits per heavy atom. The predicted molar refractivity (Wildman–Crippen MR) is 106 cm³/mol. The van der Waals surface area contributed by atoms with Crippen molar-refractivity contribution in [2.24, 2.45) is 4.99 Å². The summed E-state index contributed by atoms with van der Waals surface area (Å²) in [4.78, 5) is 29.4. The summed E-state index contributed by atoms with van der Waals surface area (Å²) >= 11 is 1.51. The number of carbonyl (C=O) groups is 2. The normalized spacial score (nSPS) is 26.0. The van der Waals surface area contributed by atoms with Gasteiger partial charge in [0.2, 0.25) is 0 Å². The summed E-state index contributed by atoms with van der Waals surface area (Å²) in [5, 5.41) is 25.0. The number of carboxylic acids is 2. The Balaban J connectivity index is 1.96. The molecule has 0 fully saturated rings. The van der Waals surface area contributed by atoms with Crippen LogP contribution in [0.3, 0.4) is 0 Å². The van der Waals surface area contributed by atoms with Crippen molar-refractivity contribution in [3.63, 3.8) is 0 Å². The van der Waals surface area contributed by atoms with Crippen molar-refractivity contribution in [3.05, 3.63) is 34.0 Å². The number of rotatable bonds is 8. The Morgan fingerprint density at radius 1 is 1.30 bits per heavy atom. The minimum Gasteiger partial charge on any atom is -0.481 e. The molecule has 1 aliphatic carbocycles. The maximum absolute atomic E-state index is 12.1. The van der Waals surface area contributed by atoms with Crippen LogP contribution in [0.5, 0.6) is 0 Å². The van der Waals surface area contributed by atoms with E-state index in [0.717, 1.165) is 22.7 Å². The van der Waals surface area contributed by atoms with Gasteiger partial charge in [0, 0.05) is 17.7 Å². The number of aliphatic carboxylic acids is 2. The summed E-state index contributed by atoms with van der Waals surface area (Å²) in [6.07, 6.45) is 7.43. The van der Waals surface area contributed by atoms with Crippen LogP contribution in [0.4, 0.5) is 0 Å². The molecule has 3 N–H and O–H groups in total. The Bertz CT molecular complexity index is 790. The molecule has 7 heteroatoms. The molecule has 0 radical (unpaired) electrons. The molecule has 1 aromatic heterocycles. The van der Waals surface area contributed by atoms with Crippen LogP contribution in [0.2, 0.25) is 0 Å². The van der Waals surface area contributed by atoms with E-state index in [2.05, 4.69) is 10.3 Å². The van der Waals surface area contributed by atoms with Crippen molar-refractivity contribution in [1.29, 1.82) is 0 Å². The standard InChI is InChI=1S/C20H26N2O4S/c1-3-7-15-21-16(17(23)24)20(4-2,22-15)12-14-13(8-11-27-14)19(18(25)26)9-5-6-10-19/h5-6,8,11,16H,3-4,7,9-10,12H2,1-2H3,(H,21,22)(H,23,24)(H,25,26). The first kappa shape index (κ1) is 19.6. The van der Waals surface area contributed by atoms with Crippen LogP contribution in [-0.4, -0.2) is 39.6 Å². The number of thiophene rings is 1. The number of nitrogens with one attached hydrogen (secondary N) is 1. The van der Waals surface area contributed by atoms with Gasteiger partial charge in [0.1, 0.15) is 5.41 Å². The van der Waals surface area contributed by atoms with Crippen molar-refractivity contribution in [3.8, 4) is 0 Å². The van der Waals surface area contributed by atoms with Gasteiger partial charge < -0.3 is 15.5 Å². The average Bonchev–Trinajstić information content (AvgIpc) is 3.34. The van der Waals surface area contributed by atoms with Gasteiger partial charge in [-0.3, -0.25) is 9.79 Å². The summed E-state index contributed by atoms with van der Waals surface area (Å²) in [5.74, 6) is -1.03. The topological polar surface area (TPSA) is 99.0 Å². The molecule has 0 saturated carbocycles. The zero-order valence-electron chi connectivity index (χ0n) is 15.7. The van der Waals surface area contributed by atoms with Gasteiger partial charge in [-0.05, 0) is 42.7 Å². The van der Waals surface area contributed by atoms with Gasteiger partial charge in [-0.2, -0.15) is 0 Å². The molecule has 6 nitrogen and oxygen atoms in total. The molecular formula is C20H26N2O4S. The molecule has 0 bridgehead atoms. The first-order valence-corrected chi connectivity index (χ1v) is 10.3. The van der Waals surface area contributed by atoms with Crippen LogP contribution < -0.4 is 5.32 Å². The summed E-state index contributed by atoms with van der Waals surface area (Å²) < 4.78 is 0. The van der Waals surface area contributed by atoms with Crippen molar-refractivity contribution >= 4 is 29.1 Å². The maximum Gasteiger partial charge on any atom is 0.330 e. The predicted octanol–water partition coefficient (Wildman–Crippen LogP) is 3.37. The van der Waals surface area contributed by atoms with Gasteiger partial charge in [0.05, 0.1) is 11.4 Å². The van der Waals surface area contributed by atoms with Crippen LogP contribution in [0.15, 0.2) is 28.6 Å². The second-order valence-electron chi connectivity index (χ2n) is 7.40. The number of amidine groups is 1. The van der Waals surface area contributed by atoms with Crippen molar-refractivity contribution < 1.29 is 19.8 Å². The molecule has 1 aromatic rings. The lowest BCUT2D eigenvalue weighted by Gasteiger charge is -2.34. The molecule has 0 spiro atoms. The number of hydrogen-bond donors (Lipinski definition) is 3. The van der Waals surface area contributed by atoms with Crippen molar-refractivity contribution in [2.45, 2.75) is 69.4 Å². The fraction of sp³-hybridized carbons (Fsp3) is 0.550.